The third kappa shape index (κ3) is 2.78. The molecule has 0 bridgehead atoms. The van der Waals surface area contributed by atoms with Crippen molar-refractivity contribution in [1.82, 2.24) is 14.6 Å². The summed E-state index contributed by atoms with van der Waals surface area (Å²) in [6.45, 7) is 4.00. The lowest BCUT2D eigenvalue weighted by Gasteiger charge is -2.26. The molecule has 0 amide bonds. The van der Waals surface area contributed by atoms with E-state index in [4.69, 9.17) is 0 Å². The first-order chi connectivity index (χ1) is 10.5. The number of nitrogens with one attached hydrogen (secondary N) is 1. The summed E-state index contributed by atoms with van der Waals surface area (Å²) in [6.07, 6.45) is 4.22. The maximum Gasteiger partial charge on any atom is 0.244 e. The summed E-state index contributed by atoms with van der Waals surface area (Å²) < 4.78 is 28.3. The van der Waals surface area contributed by atoms with Gasteiger partial charge >= 0.3 is 0 Å². The number of aromatic nitrogens is 1. The molecule has 0 spiro atoms. The second-order valence-electron chi connectivity index (χ2n) is 5.50. The zero-order valence-corrected chi connectivity index (χ0v) is 14.7. The highest BCUT2D eigenvalue weighted by Gasteiger charge is 2.31. The van der Waals surface area contributed by atoms with E-state index in [0.717, 1.165) is 23.7 Å². The molecule has 2 aromatic rings. The van der Waals surface area contributed by atoms with E-state index >= 15 is 0 Å². The molecule has 2 heterocycles. The molecule has 1 N–H and O–H groups in total. The van der Waals surface area contributed by atoms with Crippen LogP contribution in [0.2, 0.25) is 0 Å². The van der Waals surface area contributed by atoms with E-state index in [1.807, 2.05) is 13.0 Å². The predicted molar refractivity (Wildman–Crippen MR) is 90.3 cm³/mol. The summed E-state index contributed by atoms with van der Waals surface area (Å²) in [6, 6.07) is 5.23. The molecule has 5 nitrogen and oxygen atoms in total. The zero-order chi connectivity index (χ0) is 15.7. The molecular weight excluding hydrogens is 366 g/mol. The minimum atomic E-state index is -3.53. The van der Waals surface area contributed by atoms with E-state index in [2.05, 4.69) is 26.2 Å². The molecule has 118 valence electrons. The van der Waals surface area contributed by atoms with Crippen molar-refractivity contribution < 1.29 is 8.42 Å². The van der Waals surface area contributed by atoms with Crippen LogP contribution in [0.3, 0.4) is 0 Å². The Morgan fingerprint density at radius 3 is 3.00 bits per heavy atom. The summed E-state index contributed by atoms with van der Waals surface area (Å²) >= 11 is 3.47. The Morgan fingerprint density at radius 2 is 2.18 bits per heavy atom. The van der Waals surface area contributed by atoms with Crippen LogP contribution < -0.4 is 5.32 Å². The van der Waals surface area contributed by atoms with Gasteiger partial charge in [0.1, 0.15) is 0 Å². The van der Waals surface area contributed by atoms with Gasteiger partial charge in [0.2, 0.25) is 10.0 Å². The smallest absolute Gasteiger partial charge is 0.244 e. The van der Waals surface area contributed by atoms with Crippen molar-refractivity contribution in [2.24, 2.45) is 0 Å². The van der Waals surface area contributed by atoms with Crippen molar-refractivity contribution in [2.45, 2.75) is 24.3 Å². The summed E-state index contributed by atoms with van der Waals surface area (Å²) in [4.78, 5) is 4.39. The molecule has 0 saturated carbocycles. The Kier molecular flexibility index (Phi) is 4.49. The van der Waals surface area contributed by atoms with Gasteiger partial charge in [-0.1, -0.05) is 6.07 Å². The van der Waals surface area contributed by atoms with Gasteiger partial charge in [-0.3, -0.25) is 4.98 Å². The molecule has 1 saturated heterocycles. The maximum atomic E-state index is 13.1. The van der Waals surface area contributed by atoms with E-state index in [1.165, 1.54) is 0 Å². The summed E-state index contributed by atoms with van der Waals surface area (Å²) in [5.41, 5.74) is 0. The van der Waals surface area contributed by atoms with Gasteiger partial charge < -0.3 is 5.32 Å². The summed E-state index contributed by atoms with van der Waals surface area (Å²) in [7, 11) is -3.53. The number of fused-ring (bicyclic) bond motifs is 1. The SMILES string of the molecule is C[C@@H]1CNCCCN1S(=O)(=O)c1ccc2cnccc2c1Br. The normalized spacial score (nSPS) is 20.9. The summed E-state index contributed by atoms with van der Waals surface area (Å²) in [5, 5.41) is 5.04. The Balaban J connectivity index is 2.10. The van der Waals surface area contributed by atoms with Crippen LogP contribution in [0, 0.1) is 0 Å². The van der Waals surface area contributed by atoms with Crippen LogP contribution in [-0.2, 0) is 10.0 Å². The number of benzene rings is 1. The van der Waals surface area contributed by atoms with E-state index in [0.29, 0.717) is 22.5 Å². The largest absolute Gasteiger partial charge is 0.315 e. The highest BCUT2D eigenvalue weighted by molar-refractivity contribution is 9.10. The molecule has 1 aromatic heterocycles. The topological polar surface area (TPSA) is 62.3 Å². The lowest BCUT2D eigenvalue weighted by Crippen LogP contribution is -2.41. The lowest BCUT2D eigenvalue weighted by atomic mass is 10.2. The first-order valence-electron chi connectivity index (χ1n) is 7.26. The molecule has 0 radical (unpaired) electrons. The second kappa shape index (κ2) is 6.23. The fourth-order valence-corrected chi connectivity index (χ4v) is 5.64. The quantitative estimate of drug-likeness (QED) is 0.864. The Bertz CT molecular complexity index is 794. The number of halogens is 1. The Morgan fingerprint density at radius 1 is 1.36 bits per heavy atom. The molecule has 1 atom stereocenters. The first kappa shape index (κ1) is 15.9. The van der Waals surface area contributed by atoms with E-state index in [9.17, 15) is 8.42 Å². The lowest BCUT2D eigenvalue weighted by molar-refractivity contribution is 0.353. The van der Waals surface area contributed by atoms with Crippen molar-refractivity contribution >= 4 is 36.7 Å². The van der Waals surface area contributed by atoms with Crippen molar-refractivity contribution in [2.75, 3.05) is 19.6 Å². The number of rotatable bonds is 2. The van der Waals surface area contributed by atoms with Gasteiger partial charge in [-0.05, 0) is 48.0 Å². The van der Waals surface area contributed by atoms with Crippen LogP contribution in [0.1, 0.15) is 13.3 Å². The van der Waals surface area contributed by atoms with Crippen molar-refractivity contribution in [3.8, 4) is 0 Å². The molecule has 3 rings (SSSR count). The number of sulfonamides is 1. The van der Waals surface area contributed by atoms with Crippen molar-refractivity contribution in [1.29, 1.82) is 0 Å². The minimum Gasteiger partial charge on any atom is -0.315 e. The second-order valence-corrected chi connectivity index (χ2v) is 8.15. The van der Waals surface area contributed by atoms with Gasteiger partial charge in [-0.15, -0.1) is 0 Å². The highest BCUT2D eigenvalue weighted by Crippen LogP contribution is 2.32. The van der Waals surface area contributed by atoms with Crippen LogP contribution in [0.4, 0.5) is 0 Å². The Labute approximate surface area is 138 Å². The van der Waals surface area contributed by atoms with Gasteiger partial charge in [0, 0.05) is 46.8 Å². The zero-order valence-electron chi connectivity index (χ0n) is 12.3. The van der Waals surface area contributed by atoms with Gasteiger partial charge in [0.25, 0.3) is 0 Å². The molecule has 7 heteroatoms. The van der Waals surface area contributed by atoms with Crippen molar-refractivity contribution in [3.05, 3.63) is 35.1 Å². The monoisotopic (exact) mass is 383 g/mol. The molecule has 22 heavy (non-hydrogen) atoms. The molecular formula is C15H18BrN3O2S. The minimum absolute atomic E-state index is 0.0625. The van der Waals surface area contributed by atoms with Crippen molar-refractivity contribution in [3.63, 3.8) is 0 Å². The van der Waals surface area contributed by atoms with Crippen LogP contribution in [0.5, 0.6) is 0 Å². The van der Waals surface area contributed by atoms with Crippen LogP contribution in [0.15, 0.2) is 40.0 Å². The molecule has 1 aliphatic heterocycles. The first-order valence-corrected chi connectivity index (χ1v) is 9.50. The van der Waals surface area contributed by atoms with Gasteiger partial charge in [-0.2, -0.15) is 4.31 Å². The van der Waals surface area contributed by atoms with E-state index in [1.54, 1.807) is 28.8 Å². The molecule has 1 fully saturated rings. The molecule has 1 aliphatic rings. The number of hydrogen-bond donors (Lipinski definition) is 1. The third-order valence-electron chi connectivity index (χ3n) is 3.97. The van der Waals surface area contributed by atoms with Gasteiger partial charge in [-0.25, -0.2) is 8.42 Å². The average Bonchev–Trinajstić information content (AvgIpc) is 2.72. The van der Waals surface area contributed by atoms with Crippen LogP contribution in [0.25, 0.3) is 10.8 Å². The van der Waals surface area contributed by atoms with E-state index < -0.39 is 10.0 Å². The number of nitrogens with zero attached hydrogens (tertiary/aromatic N) is 2. The number of hydrogen-bond acceptors (Lipinski definition) is 4. The predicted octanol–water partition coefficient (Wildman–Crippen LogP) is 2.37. The average molecular weight is 384 g/mol. The van der Waals surface area contributed by atoms with Crippen LogP contribution >= 0.6 is 15.9 Å². The van der Waals surface area contributed by atoms with Gasteiger partial charge in [0.15, 0.2) is 0 Å². The molecule has 1 aromatic carbocycles. The molecule has 0 aliphatic carbocycles. The maximum absolute atomic E-state index is 13.1. The van der Waals surface area contributed by atoms with Gasteiger partial charge in [0.05, 0.1) is 4.90 Å². The third-order valence-corrected chi connectivity index (χ3v) is 7.14. The molecule has 0 unspecified atom stereocenters. The number of pyridine rings is 1. The fourth-order valence-electron chi connectivity index (χ4n) is 2.79. The van der Waals surface area contributed by atoms with E-state index in [-0.39, 0.29) is 6.04 Å². The fraction of sp³-hybridized carbons (Fsp3) is 0.400. The Hall–Kier alpha value is -1.02. The highest BCUT2D eigenvalue weighted by atomic mass is 79.9. The standard InChI is InChI=1S/C15H18BrN3O2S/c1-11-9-17-6-2-8-19(11)22(20,21)14-4-3-12-10-18-7-5-13(12)15(14)16/h3-5,7,10-11,17H,2,6,8-9H2,1H3/t11-/m1/s1. The van der Waals surface area contributed by atoms with Crippen LogP contribution in [-0.4, -0.2) is 43.4 Å². The summed E-state index contributed by atoms with van der Waals surface area (Å²) in [5.74, 6) is 0.